The highest BCUT2D eigenvalue weighted by molar-refractivity contribution is 5.91. The fourth-order valence-electron chi connectivity index (χ4n) is 2.81. The average molecular weight is 360 g/mol. The molecule has 136 valence electrons. The highest BCUT2D eigenvalue weighted by Gasteiger charge is 2.39. The molecule has 0 aliphatic heterocycles. The monoisotopic (exact) mass is 360 g/mol. The molecule has 0 saturated heterocycles. The van der Waals surface area contributed by atoms with Gasteiger partial charge in [0.05, 0.1) is 6.21 Å². The standard InChI is InChI=1S/C22H20N2O3/c1-16-12-13-20(25)17(14-16)15-23-24-21(26)22(27,18-8-4-2-5-9-18)19-10-6-3-7-11-19/h2-15,25,27H,1H3,(H,24,26)/b23-15-. The van der Waals surface area contributed by atoms with Gasteiger partial charge in [-0.3, -0.25) is 4.79 Å². The average Bonchev–Trinajstić information content (AvgIpc) is 2.71. The Hall–Kier alpha value is -3.44. The molecule has 0 fully saturated rings. The van der Waals surface area contributed by atoms with Crippen LogP contribution >= 0.6 is 0 Å². The molecule has 3 N–H and O–H groups in total. The van der Waals surface area contributed by atoms with Gasteiger partial charge in [0.15, 0.2) is 5.60 Å². The molecule has 3 aromatic carbocycles. The summed E-state index contributed by atoms with van der Waals surface area (Å²) in [5, 5.41) is 25.1. The largest absolute Gasteiger partial charge is 0.507 e. The van der Waals surface area contributed by atoms with Crippen molar-refractivity contribution in [3.05, 3.63) is 101 Å². The molecule has 5 nitrogen and oxygen atoms in total. The van der Waals surface area contributed by atoms with Crippen LogP contribution in [0.3, 0.4) is 0 Å². The third-order valence-electron chi connectivity index (χ3n) is 4.26. The predicted molar refractivity (Wildman–Crippen MR) is 104 cm³/mol. The summed E-state index contributed by atoms with van der Waals surface area (Å²) in [5.74, 6) is -0.636. The van der Waals surface area contributed by atoms with Crippen molar-refractivity contribution in [2.45, 2.75) is 12.5 Å². The first kappa shape index (κ1) is 18.4. The minimum atomic E-state index is -1.89. The molecule has 5 heteroatoms. The molecule has 0 unspecified atom stereocenters. The van der Waals surface area contributed by atoms with Crippen molar-refractivity contribution in [1.29, 1.82) is 0 Å². The van der Waals surface area contributed by atoms with Crippen LogP contribution in [0.1, 0.15) is 22.3 Å². The van der Waals surface area contributed by atoms with Gasteiger partial charge in [0.1, 0.15) is 5.75 Å². The smallest absolute Gasteiger partial charge is 0.281 e. The first-order valence-electron chi connectivity index (χ1n) is 8.48. The lowest BCUT2D eigenvalue weighted by Gasteiger charge is -2.27. The zero-order valence-corrected chi connectivity index (χ0v) is 14.8. The molecule has 3 aromatic rings. The van der Waals surface area contributed by atoms with Gasteiger partial charge in [0.2, 0.25) is 0 Å². The zero-order chi connectivity index (χ0) is 19.3. The summed E-state index contributed by atoms with van der Waals surface area (Å²) in [4.78, 5) is 12.9. The molecule has 0 bridgehead atoms. The Kier molecular flexibility index (Phi) is 5.33. The number of aryl methyl sites for hydroxylation is 1. The molecular weight excluding hydrogens is 340 g/mol. The van der Waals surface area contributed by atoms with E-state index in [1.54, 1.807) is 66.7 Å². The summed E-state index contributed by atoms with van der Waals surface area (Å²) in [6.07, 6.45) is 1.34. The molecule has 0 aliphatic rings. The van der Waals surface area contributed by atoms with Gasteiger partial charge in [0, 0.05) is 5.56 Å². The number of hydrazone groups is 1. The van der Waals surface area contributed by atoms with E-state index in [4.69, 9.17) is 0 Å². The predicted octanol–water partition coefficient (Wildman–Crippen LogP) is 3.09. The van der Waals surface area contributed by atoms with Crippen LogP contribution in [0.2, 0.25) is 0 Å². The number of hydrogen-bond acceptors (Lipinski definition) is 4. The maximum absolute atomic E-state index is 12.9. The Labute approximate surface area is 157 Å². The molecule has 27 heavy (non-hydrogen) atoms. The quantitative estimate of drug-likeness (QED) is 0.483. The van der Waals surface area contributed by atoms with Crippen molar-refractivity contribution in [3.63, 3.8) is 0 Å². The number of carbonyl (C=O) groups excluding carboxylic acids is 1. The van der Waals surface area contributed by atoms with E-state index in [-0.39, 0.29) is 5.75 Å². The van der Waals surface area contributed by atoms with Gasteiger partial charge in [-0.25, -0.2) is 5.43 Å². The number of nitrogens with zero attached hydrogens (tertiary/aromatic N) is 1. The lowest BCUT2D eigenvalue weighted by Crippen LogP contribution is -2.43. The van der Waals surface area contributed by atoms with E-state index in [1.165, 1.54) is 6.21 Å². The Bertz CT molecular complexity index is 914. The number of nitrogens with one attached hydrogen (secondary N) is 1. The summed E-state index contributed by atoms with van der Waals surface area (Å²) in [7, 11) is 0. The van der Waals surface area contributed by atoms with Crippen LogP contribution in [-0.2, 0) is 10.4 Å². The van der Waals surface area contributed by atoms with Crippen molar-refractivity contribution >= 4 is 12.1 Å². The van der Waals surface area contributed by atoms with Crippen molar-refractivity contribution < 1.29 is 15.0 Å². The first-order chi connectivity index (χ1) is 13.0. The van der Waals surface area contributed by atoms with E-state index >= 15 is 0 Å². The van der Waals surface area contributed by atoms with Gasteiger partial charge in [-0.2, -0.15) is 5.10 Å². The third kappa shape index (κ3) is 3.88. The summed E-state index contributed by atoms with van der Waals surface area (Å²) in [6.45, 7) is 1.89. The fourth-order valence-corrected chi connectivity index (χ4v) is 2.81. The molecule has 0 heterocycles. The highest BCUT2D eigenvalue weighted by Crippen LogP contribution is 2.29. The Morgan fingerprint density at radius 2 is 1.52 bits per heavy atom. The second-order valence-electron chi connectivity index (χ2n) is 6.20. The van der Waals surface area contributed by atoms with E-state index in [0.29, 0.717) is 16.7 Å². The van der Waals surface area contributed by atoms with Gasteiger partial charge >= 0.3 is 0 Å². The lowest BCUT2D eigenvalue weighted by molar-refractivity contribution is -0.136. The number of amides is 1. The maximum Gasteiger partial charge on any atom is 0.281 e. The van der Waals surface area contributed by atoms with E-state index in [9.17, 15) is 15.0 Å². The Morgan fingerprint density at radius 1 is 0.963 bits per heavy atom. The van der Waals surface area contributed by atoms with E-state index < -0.39 is 11.5 Å². The number of aromatic hydroxyl groups is 1. The number of benzene rings is 3. The number of carbonyl (C=O) groups is 1. The Balaban J connectivity index is 1.90. The molecule has 0 radical (unpaired) electrons. The van der Waals surface area contributed by atoms with Crippen LogP contribution in [0.4, 0.5) is 0 Å². The molecule has 3 rings (SSSR count). The number of rotatable bonds is 5. The summed E-state index contributed by atoms with van der Waals surface area (Å²) in [5.41, 5.74) is 2.78. The number of hydrogen-bond donors (Lipinski definition) is 3. The van der Waals surface area contributed by atoms with Gasteiger partial charge in [-0.1, -0.05) is 72.3 Å². The van der Waals surface area contributed by atoms with Crippen LogP contribution in [0, 0.1) is 6.92 Å². The molecular formula is C22H20N2O3. The minimum absolute atomic E-state index is 0.0555. The maximum atomic E-state index is 12.9. The molecule has 0 atom stereocenters. The number of phenolic OH excluding ortho intramolecular Hbond substituents is 1. The number of aliphatic hydroxyl groups is 1. The molecule has 0 aromatic heterocycles. The minimum Gasteiger partial charge on any atom is -0.507 e. The fraction of sp³-hybridized carbons (Fsp3) is 0.0909. The second-order valence-corrected chi connectivity index (χ2v) is 6.20. The van der Waals surface area contributed by atoms with Gasteiger partial charge in [0.25, 0.3) is 5.91 Å². The van der Waals surface area contributed by atoms with Crippen molar-refractivity contribution in [2.75, 3.05) is 0 Å². The molecule has 0 saturated carbocycles. The zero-order valence-electron chi connectivity index (χ0n) is 14.8. The van der Waals surface area contributed by atoms with E-state index in [0.717, 1.165) is 5.56 Å². The normalized spacial score (nSPS) is 11.5. The third-order valence-corrected chi connectivity index (χ3v) is 4.26. The van der Waals surface area contributed by atoms with Crippen LogP contribution < -0.4 is 5.43 Å². The summed E-state index contributed by atoms with van der Waals surface area (Å²) in [6, 6.07) is 22.4. The molecule has 0 aliphatic carbocycles. The topological polar surface area (TPSA) is 81.9 Å². The Morgan fingerprint density at radius 3 is 2.07 bits per heavy atom. The first-order valence-corrected chi connectivity index (χ1v) is 8.48. The van der Waals surface area contributed by atoms with E-state index in [2.05, 4.69) is 10.5 Å². The van der Waals surface area contributed by atoms with Crippen molar-refractivity contribution in [2.24, 2.45) is 5.10 Å². The van der Waals surface area contributed by atoms with Crippen LogP contribution in [-0.4, -0.2) is 22.3 Å². The van der Waals surface area contributed by atoms with E-state index in [1.807, 2.05) is 19.1 Å². The summed E-state index contributed by atoms with van der Waals surface area (Å²) < 4.78 is 0. The second kappa shape index (κ2) is 7.85. The van der Waals surface area contributed by atoms with Crippen LogP contribution in [0.25, 0.3) is 0 Å². The lowest BCUT2D eigenvalue weighted by atomic mass is 9.85. The summed E-state index contributed by atoms with van der Waals surface area (Å²) >= 11 is 0. The van der Waals surface area contributed by atoms with Crippen LogP contribution in [0.5, 0.6) is 5.75 Å². The highest BCUT2D eigenvalue weighted by atomic mass is 16.3. The SMILES string of the molecule is Cc1ccc(O)c(/C=N\NC(=O)C(O)(c2ccccc2)c2ccccc2)c1. The van der Waals surface area contributed by atoms with Gasteiger partial charge < -0.3 is 10.2 Å². The molecule has 1 amide bonds. The molecule has 0 spiro atoms. The van der Waals surface area contributed by atoms with Crippen LogP contribution in [0.15, 0.2) is 84.0 Å². The van der Waals surface area contributed by atoms with Crippen molar-refractivity contribution in [1.82, 2.24) is 5.43 Å². The number of phenols is 1. The van der Waals surface area contributed by atoms with Crippen molar-refractivity contribution in [3.8, 4) is 5.75 Å². The van der Waals surface area contributed by atoms with Gasteiger partial charge in [-0.15, -0.1) is 0 Å². The van der Waals surface area contributed by atoms with Gasteiger partial charge in [-0.05, 0) is 30.2 Å².